The summed E-state index contributed by atoms with van der Waals surface area (Å²) in [6.45, 7) is 3.09. The molecule has 0 saturated carbocycles. The van der Waals surface area contributed by atoms with E-state index >= 15 is 0 Å². The maximum atomic E-state index is 11.9. The summed E-state index contributed by atoms with van der Waals surface area (Å²) in [4.78, 5) is 23.6. The van der Waals surface area contributed by atoms with Crippen LogP contribution in [0.5, 0.6) is 0 Å². The molecule has 0 radical (unpaired) electrons. The Morgan fingerprint density at radius 3 is 2.43 bits per heavy atom. The fourth-order valence-electron chi connectivity index (χ4n) is 1.53. The van der Waals surface area contributed by atoms with E-state index in [0.29, 0.717) is 5.56 Å². The number of allylic oxidation sites excluding steroid dienone is 1. The molecule has 0 unspecified atom stereocenters. The number of aliphatic hydroxyl groups excluding tert-OH is 1. The topological polar surface area (TPSA) is 87.5 Å². The van der Waals surface area contributed by atoms with E-state index in [0.717, 1.165) is 11.8 Å². The smallest absolute Gasteiger partial charge is 0.344 e. The van der Waals surface area contributed by atoms with Gasteiger partial charge in [-0.3, -0.25) is 10.2 Å². The number of esters is 1. The first-order chi connectivity index (χ1) is 9.97. The van der Waals surface area contributed by atoms with Crippen LogP contribution in [-0.4, -0.2) is 34.3 Å². The van der Waals surface area contributed by atoms with E-state index in [-0.39, 0.29) is 34.5 Å². The molecule has 6 heteroatoms. The van der Waals surface area contributed by atoms with Crippen molar-refractivity contribution < 1.29 is 19.4 Å². The van der Waals surface area contributed by atoms with Gasteiger partial charge in [-0.05, 0) is 13.8 Å². The van der Waals surface area contributed by atoms with Crippen molar-refractivity contribution >= 4 is 28.6 Å². The molecule has 0 aliphatic rings. The third kappa shape index (κ3) is 5.07. The third-order valence-corrected chi connectivity index (χ3v) is 3.41. The Hall–Kier alpha value is -2.08. The molecular formula is C15H17NO4S. The maximum absolute atomic E-state index is 11.9. The largest absolute Gasteiger partial charge is 0.512 e. The van der Waals surface area contributed by atoms with E-state index in [1.54, 1.807) is 31.2 Å². The van der Waals surface area contributed by atoms with Gasteiger partial charge in [0.05, 0.1) is 12.4 Å². The van der Waals surface area contributed by atoms with Crippen molar-refractivity contribution in [2.75, 3.05) is 12.4 Å². The lowest BCUT2D eigenvalue weighted by molar-refractivity contribution is -0.138. The van der Waals surface area contributed by atoms with Gasteiger partial charge < -0.3 is 9.84 Å². The standard InChI is InChI=1S/C15H17NO4S/c1-3-20-15(19)13(10(2)17)14(16)21-9-12(18)11-7-5-4-6-8-11/h4-8,16-17H,3,9H2,1-2H3/b13-10+,16-14?. The summed E-state index contributed by atoms with van der Waals surface area (Å²) in [7, 11) is 0. The number of aliphatic hydroxyl groups is 1. The second-order valence-electron chi connectivity index (χ2n) is 4.09. The molecule has 21 heavy (non-hydrogen) atoms. The van der Waals surface area contributed by atoms with Crippen LogP contribution in [0.3, 0.4) is 0 Å². The average molecular weight is 307 g/mol. The van der Waals surface area contributed by atoms with Crippen molar-refractivity contribution in [1.29, 1.82) is 5.41 Å². The van der Waals surface area contributed by atoms with Crippen molar-refractivity contribution in [2.24, 2.45) is 0 Å². The minimum Gasteiger partial charge on any atom is -0.512 e. The van der Waals surface area contributed by atoms with Crippen LogP contribution in [0.15, 0.2) is 41.7 Å². The van der Waals surface area contributed by atoms with Gasteiger partial charge in [0.1, 0.15) is 16.4 Å². The van der Waals surface area contributed by atoms with Crippen molar-refractivity contribution in [2.45, 2.75) is 13.8 Å². The van der Waals surface area contributed by atoms with E-state index in [2.05, 4.69) is 0 Å². The summed E-state index contributed by atoms with van der Waals surface area (Å²) in [5.74, 6) is -1.19. The molecular weight excluding hydrogens is 290 g/mol. The van der Waals surface area contributed by atoms with Crippen LogP contribution in [-0.2, 0) is 9.53 Å². The van der Waals surface area contributed by atoms with E-state index in [1.165, 1.54) is 6.92 Å². The number of Topliss-reactive ketones (excluding diaryl/α,β-unsaturated/α-hetero) is 1. The van der Waals surface area contributed by atoms with Crippen LogP contribution in [0.1, 0.15) is 24.2 Å². The monoisotopic (exact) mass is 307 g/mol. The predicted molar refractivity (Wildman–Crippen MR) is 82.9 cm³/mol. The zero-order valence-corrected chi connectivity index (χ0v) is 12.7. The highest BCUT2D eigenvalue weighted by Crippen LogP contribution is 2.17. The molecule has 0 amide bonds. The highest BCUT2D eigenvalue weighted by atomic mass is 32.2. The van der Waals surface area contributed by atoms with Crippen LogP contribution < -0.4 is 0 Å². The van der Waals surface area contributed by atoms with Gasteiger partial charge in [-0.2, -0.15) is 0 Å². The van der Waals surface area contributed by atoms with Gasteiger partial charge in [0.15, 0.2) is 5.78 Å². The number of nitrogens with one attached hydrogen (secondary N) is 1. The molecule has 1 aromatic carbocycles. The first kappa shape index (κ1) is 17.0. The molecule has 0 spiro atoms. The van der Waals surface area contributed by atoms with Gasteiger partial charge in [-0.1, -0.05) is 42.1 Å². The molecule has 1 rings (SSSR count). The lowest BCUT2D eigenvalue weighted by Gasteiger charge is -2.09. The molecule has 0 heterocycles. The molecule has 0 fully saturated rings. The van der Waals surface area contributed by atoms with E-state index in [9.17, 15) is 14.7 Å². The highest BCUT2D eigenvalue weighted by Gasteiger charge is 2.21. The van der Waals surface area contributed by atoms with Gasteiger partial charge in [0, 0.05) is 5.56 Å². The minimum absolute atomic E-state index is 0.0129. The van der Waals surface area contributed by atoms with Crippen LogP contribution in [0.25, 0.3) is 0 Å². The van der Waals surface area contributed by atoms with Crippen molar-refractivity contribution in [1.82, 2.24) is 0 Å². The zero-order valence-electron chi connectivity index (χ0n) is 11.9. The molecule has 0 aliphatic heterocycles. The Morgan fingerprint density at radius 1 is 1.29 bits per heavy atom. The lowest BCUT2D eigenvalue weighted by atomic mass is 10.2. The van der Waals surface area contributed by atoms with E-state index < -0.39 is 5.97 Å². The number of hydrogen-bond donors (Lipinski definition) is 2. The number of ketones is 1. The zero-order chi connectivity index (χ0) is 15.8. The quantitative estimate of drug-likeness (QED) is 0.211. The average Bonchev–Trinajstić information content (AvgIpc) is 2.45. The van der Waals surface area contributed by atoms with Gasteiger partial charge in [-0.15, -0.1) is 0 Å². The number of thioether (sulfide) groups is 1. The number of carbonyl (C=O) groups excluding carboxylic acids is 2. The molecule has 0 aromatic heterocycles. The lowest BCUT2D eigenvalue weighted by Crippen LogP contribution is -2.16. The maximum Gasteiger partial charge on any atom is 0.344 e. The summed E-state index contributed by atoms with van der Waals surface area (Å²) in [6.07, 6.45) is 0. The van der Waals surface area contributed by atoms with Gasteiger partial charge in [0.25, 0.3) is 0 Å². The highest BCUT2D eigenvalue weighted by molar-refractivity contribution is 8.14. The van der Waals surface area contributed by atoms with Crippen molar-refractivity contribution in [3.05, 3.63) is 47.2 Å². The summed E-state index contributed by atoms with van der Waals surface area (Å²) in [5.41, 5.74) is 0.336. The Balaban J connectivity index is 2.70. The number of hydrogen-bond acceptors (Lipinski definition) is 6. The Kier molecular flexibility index (Phi) is 6.68. The Bertz CT molecular complexity index is 562. The van der Waals surface area contributed by atoms with Crippen molar-refractivity contribution in [3.63, 3.8) is 0 Å². The van der Waals surface area contributed by atoms with Crippen LogP contribution in [0, 0.1) is 5.41 Å². The second-order valence-corrected chi connectivity index (χ2v) is 5.07. The number of rotatable bonds is 6. The number of carbonyl (C=O) groups is 2. The fraction of sp³-hybridized carbons (Fsp3) is 0.267. The SMILES string of the molecule is CCOC(=O)/C(C(=N)SCC(=O)c1ccccc1)=C(\C)O. The third-order valence-electron chi connectivity index (χ3n) is 2.51. The number of ether oxygens (including phenoxy) is 1. The van der Waals surface area contributed by atoms with Gasteiger partial charge in [-0.25, -0.2) is 4.79 Å². The van der Waals surface area contributed by atoms with E-state index in [4.69, 9.17) is 10.1 Å². The fourth-order valence-corrected chi connectivity index (χ4v) is 2.34. The molecule has 0 aliphatic carbocycles. The van der Waals surface area contributed by atoms with Crippen LogP contribution in [0.4, 0.5) is 0 Å². The Morgan fingerprint density at radius 2 is 1.90 bits per heavy atom. The van der Waals surface area contributed by atoms with Crippen LogP contribution in [0.2, 0.25) is 0 Å². The first-order valence-corrected chi connectivity index (χ1v) is 7.32. The van der Waals surface area contributed by atoms with E-state index in [1.807, 2.05) is 6.07 Å². The molecule has 0 atom stereocenters. The second kappa shape index (κ2) is 8.26. The van der Waals surface area contributed by atoms with Crippen LogP contribution >= 0.6 is 11.8 Å². The molecule has 0 bridgehead atoms. The van der Waals surface area contributed by atoms with Crippen molar-refractivity contribution in [3.8, 4) is 0 Å². The summed E-state index contributed by atoms with van der Waals surface area (Å²) >= 11 is 0.885. The minimum atomic E-state index is -0.762. The molecule has 2 N–H and O–H groups in total. The molecule has 112 valence electrons. The van der Waals surface area contributed by atoms with Gasteiger partial charge >= 0.3 is 5.97 Å². The first-order valence-electron chi connectivity index (χ1n) is 6.34. The predicted octanol–water partition coefficient (Wildman–Crippen LogP) is 2.97. The molecule has 1 aromatic rings. The molecule has 0 saturated heterocycles. The summed E-state index contributed by atoms with van der Waals surface area (Å²) < 4.78 is 4.78. The Labute approximate surface area is 127 Å². The molecule has 5 nitrogen and oxygen atoms in total. The normalized spacial score (nSPS) is 11.5. The number of benzene rings is 1. The summed E-state index contributed by atoms with van der Waals surface area (Å²) in [6, 6.07) is 8.69. The summed E-state index contributed by atoms with van der Waals surface area (Å²) in [5, 5.41) is 17.2. The van der Waals surface area contributed by atoms with Gasteiger partial charge in [0.2, 0.25) is 0 Å².